The van der Waals surface area contributed by atoms with Gasteiger partial charge in [-0.25, -0.2) is 9.37 Å². The average Bonchev–Trinajstić information content (AvgIpc) is 3.57. The molecular weight excluding hydrogens is 525 g/mol. The molecule has 3 aliphatic heterocycles. The van der Waals surface area contributed by atoms with Gasteiger partial charge in [0, 0.05) is 43.6 Å². The molecular formula is C32H42FN3O5. The van der Waals surface area contributed by atoms with Crippen LogP contribution in [0.4, 0.5) is 10.2 Å². The van der Waals surface area contributed by atoms with Crippen LogP contribution in [0, 0.1) is 11.2 Å². The number of methoxy groups -OCH3 is 1. The number of nitrogens with zero attached hydrogens (tertiary/aromatic N) is 2. The number of rotatable bonds is 11. The highest BCUT2D eigenvalue weighted by Gasteiger charge is 2.46. The number of carboxylic acid groups (broad SMARTS) is 1. The maximum absolute atomic E-state index is 14.4. The van der Waals surface area contributed by atoms with Crippen molar-refractivity contribution >= 4 is 11.8 Å². The molecule has 222 valence electrons. The minimum absolute atomic E-state index is 0.0410. The summed E-state index contributed by atoms with van der Waals surface area (Å²) in [6.45, 7) is 3.37. The summed E-state index contributed by atoms with van der Waals surface area (Å²) < 4.78 is 32.4. The van der Waals surface area contributed by atoms with E-state index in [1.807, 2.05) is 4.90 Å². The Morgan fingerprint density at radius 2 is 2.15 bits per heavy atom. The highest BCUT2D eigenvalue weighted by Crippen LogP contribution is 2.55. The minimum Gasteiger partial charge on any atom is -0.496 e. The number of carbonyl (C=O) groups is 1. The molecule has 2 saturated heterocycles. The number of halogens is 1. The van der Waals surface area contributed by atoms with Gasteiger partial charge in [-0.3, -0.25) is 9.69 Å². The van der Waals surface area contributed by atoms with Crippen LogP contribution in [0.3, 0.4) is 0 Å². The molecule has 1 aliphatic carbocycles. The van der Waals surface area contributed by atoms with Crippen molar-refractivity contribution in [2.75, 3.05) is 45.3 Å². The van der Waals surface area contributed by atoms with Crippen molar-refractivity contribution in [1.29, 1.82) is 0 Å². The zero-order valence-corrected chi connectivity index (χ0v) is 24.0. The van der Waals surface area contributed by atoms with Crippen molar-refractivity contribution in [3.63, 3.8) is 0 Å². The molecule has 1 saturated carbocycles. The third-order valence-corrected chi connectivity index (χ3v) is 9.38. The average molecular weight is 568 g/mol. The van der Waals surface area contributed by atoms with Crippen molar-refractivity contribution in [2.24, 2.45) is 5.41 Å². The number of likely N-dealkylation sites (tertiary alicyclic amines) is 1. The summed E-state index contributed by atoms with van der Waals surface area (Å²) >= 11 is 0. The van der Waals surface area contributed by atoms with Crippen LogP contribution in [0.5, 0.6) is 5.75 Å². The lowest BCUT2D eigenvalue weighted by molar-refractivity contribution is -0.143. The van der Waals surface area contributed by atoms with E-state index in [9.17, 15) is 14.3 Å². The van der Waals surface area contributed by atoms with Crippen molar-refractivity contribution in [2.45, 2.75) is 82.5 Å². The highest BCUT2D eigenvalue weighted by atomic mass is 19.1. The first-order chi connectivity index (χ1) is 19.9. The normalized spacial score (nSPS) is 24.0. The summed E-state index contributed by atoms with van der Waals surface area (Å²) in [7, 11) is 1.71. The lowest BCUT2D eigenvalue weighted by Crippen LogP contribution is -2.35. The molecule has 1 aromatic heterocycles. The largest absolute Gasteiger partial charge is 0.496 e. The van der Waals surface area contributed by atoms with Gasteiger partial charge in [-0.2, -0.15) is 0 Å². The van der Waals surface area contributed by atoms with Gasteiger partial charge in [-0.05, 0) is 92.9 Å². The third-order valence-electron chi connectivity index (χ3n) is 9.38. The second-order valence-corrected chi connectivity index (χ2v) is 12.3. The Bertz CT molecular complexity index is 1220. The molecule has 2 N–H and O–H groups in total. The zero-order chi connectivity index (χ0) is 28.4. The number of anilines is 1. The van der Waals surface area contributed by atoms with Crippen LogP contribution in [0.1, 0.15) is 85.9 Å². The van der Waals surface area contributed by atoms with Gasteiger partial charge in [-0.15, -0.1) is 0 Å². The Balaban J connectivity index is 1.02. The van der Waals surface area contributed by atoms with Crippen LogP contribution in [-0.4, -0.2) is 67.0 Å². The van der Waals surface area contributed by atoms with Gasteiger partial charge < -0.3 is 24.6 Å². The van der Waals surface area contributed by atoms with Gasteiger partial charge in [0.05, 0.1) is 25.9 Å². The molecule has 4 heterocycles. The Kier molecular flexibility index (Phi) is 8.47. The van der Waals surface area contributed by atoms with Crippen LogP contribution in [-0.2, 0) is 27.1 Å². The van der Waals surface area contributed by atoms with Gasteiger partial charge in [0.2, 0.25) is 0 Å². The molecule has 41 heavy (non-hydrogen) atoms. The van der Waals surface area contributed by atoms with E-state index in [-0.39, 0.29) is 12.2 Å². The molecule has 1 spiro atoms. The van der Waals surface area contributed by atoms with Crippen molar-refractivity contribution in [1.82, 2.24) is 9.88 Å². The number of aryl methyl sites for hydroxylation is 1. The quantitative estimate of drug-likeness (QED) is 0.346. The van der Waals surface area contributed by atoms with E-state index in [4.69, 9.17) is 19.2 Å². The van der Waals surface area contributed by atoms with E-state index in [1.54, 1.807) is 13.2 Å². The summed E-state index contributed by atoms with van der Waals surface area (Å²) in [5.74, 6) is 0.479. The SMILES string of the molecule is COc1cc(CCCCO[C@@H]2CCN([C@H](C(=O)O)c3cc(F)ccc3C3CCC4(CC4)CO3)C2)nc2c1CCCN2. The fourth-order valence-electron chi connectivity index (χ4n) is 6.80. The Labute approximate surface area is 241 Å². The molecule has 1 unspecified atom stereocenters. The molecule has 0 amide bonds. The summed E-state index contributed by atoms with van der Waals surface area (Å²) in [5, 5.41) is 13.7. The molecule has 2 aromatic rings. The smallest absolute Gasteiger partial charge is 0.325 e. The highest BCUT2D eigenvalue weighted by molar-refractivity contribution is 5.76. The Hall–Kier alpha value is -2.75. The van der Waals surface area contributed by atoms with E-state index in [0.717, 1.165) is 80.7 Å². The summed E-state index contributed by atoms with van der Waals surface area (Å²) in [5.41, 5.74) is 3.84. The fraction of sp³-hybridized carbons (Fsp3) is 0.625. The Morgan fingerprint density at radius 1 is 1.27 bits per heavy atom. The van der Waals surface area contributed by atoms with Gasteiger partial charge in [0.1, 0.15) is 23.4 Å². The molecule has 4 aliphatic rings. The number of hydrogen-bond acceptors (Lipinski definition) is 7. The summed E-state index contributed by atoms with van der Waals surface area (Å²) in [6, 6.07) is 5.67. The van der Waals surface area contributed by atoms with E-state index < -0.39 is 17.8 Å². The van der Waals surface area contributed by atoms with E-state index >= 15 is 0 Å². The van der Waals surface area contributed by atoms with Crippen LogP contribution in [0.15, 0.2) is 24.3 Å². The minimum atomic E-state index is -0.963. The first-order valence-electron chi connectivity index (χ1n) is 15.2. The van der Waals surface area contributed by atoms with E-state index in [2.05, 4.69) is 11.4 Å². The van der Waals surface area contributed by atoms with Crippen molar-refractivity contribution in [3.05, 3.63) is 52.5 Å². The number of aromatic nitrogens is 1. The predicted molar refractivity (Wildman–Crippen MR) is 153 cm³/mol. The molecule has 0 bridgehead atoms. The van der Waals surface area contributed by atoms with Gasteiger partial charge in [0.25, 0.3) is 0 Å². The summed E-state index contributed by atoms with van der Waals surface area (Å²) in [4.78, 5) is 19.3. The van der Waals surface area contributed by atoms with Gasteiger partial charge in [0.15, 0.2) is 0 Å². The number of unbranched alkanes of at least 4 members (excludes halogenated alkanes) is 1. The summed E-state index contributed by atoms with van der Waals surface area (Å²) in [6.07, 6.45) is 9.64. The number of aliphatic carboxylic acids is 1. The molecule has 0 radical (unpaired) electrons. The molecule has 8 nitrogen and oxygen atoms in total. The number of nitrogens with one attached hydrogen (secondary N) is 1. The van der Waals surface area contributed by atoms with Crippen LogP contribution in [0.2, 0.25) is 0 Å². The second kappa shape index (κ2) is 12.2. The predicted octanol–water partition coefficient (Wildman–Crippen LogP) is 5.46. The first kappa shape index (κ1) is 28.4. The fourth-order valence-corrected chi connectivity index (χ4v) is 6.80. The molecule has 9 heteroatoms. The third kappa shape index (κ3) is 6.37. The topological polar surface area (TPSA) is 93.2 Å². The number of carboxylic acids is 1. The van der Waals surface area contributed by atoms with Crippen molar-refractivity contribution in [3.8, 4) is 5.75 Å². The van der Waals surface area contributed by atoms with Gasteiger partial charge >= 0.3 is 5.97 Å². The maximum Gasteiger partial charge on any atom is 0.325 e. The lowest BCUT2D eigenvalue weighted by atomic mass is 9.88. The zero-order valence-electron chi connectivity index (χ0n) is 24.0. The standard InChI is InChI=1S/C32H42FN3O5/c1-39-28-18-22(35-30-25(28)6-4-14-34-30)5-2-3-16-40-23-10-15-36(19-23)29(31(37)38)26-17-21(33)7-8-24(26)27-9-11-32(12-13-32)20-41-27/h7-8,17-18,23,27,29H,2-6,9-16,19-20H2,1H3,(H,34,35)(H,37,38)/t23-,27?,29+/m1/s1. The first-order valence-corrected chi connectivity index (χ1v) is 15.2. The van der Waals surface area contributed by atoms with Crippen LogP contribution >= 0.6 is 0 Å². The lowest BCUT2D eigenvalue weighted by Gasteiger charge is -2.33. The van der Waals surface area contributed by atoms with Crippen LogP contribution in [0.25, 0.3) is 0 Å². The number of fused-ring (bicyclic) bond motifs is 1. The molecule has 3 atom stereocenters. The maximum atomic E-state index is 14.4. The molecule has 1 aromatic carbocycles. The second-order valence-electron chi connectivity index (χ2n) is 12.3. The Morgan fingerprint density at radius 3 is 2.90 bits per heavy atom. The molecule has 3 fully saturated rings. The molecule has 6 rings (SSSR count). The monoisotopic (exact) mass is 567 g/mol. The number of pyridine rings is 1. The van der Waals surface area contributed by atoms with Crippen molar-refractivity contribution < 1.29 is 28.5 Å². The van der Waals surface area contributed by atoms with E-state index in [1.165, 1.54) is 30.5 Å². The number of hydrogen-bond donors (Lipinski definition) is 2. The number of benzene rings is 1. The number of ether oxygens (including phenoxy) is 3. The van der Waals surface area contributed by atoms with E-state index in [0.29, 0.717) is 37.3 Å². The van der Waals surface area contributed by atoms with Gasteiger partial charge in [-0.1, -0.05) is 6.07 Å². The van der Waals surface area contributed by atoms with Crippen LogP contribution < -0.4 is 10.1 Å².